The second-order valence-corrected chi connectivity index (χ2v) is 20.9. The molecular formula is C56H40Cl8CoN8O16. The van der Waals surface area contributed by atoms with E-state index in [9.17, 15) is 38.4 Å². The van der Waals surface area contributed by atoms with Gasteiger partial charge < -0.3 is 67.8 Å². The number of alkyl halides is 8. The first kappa shape index (κ1) is 67.8. The Morgan fingerprint density at radius 3 is 0.584 bits per heavy atom. The van der Waals surface area contributed by atoms with E-state index in [0.717, 1.165) is 0 Å². The van der Waals surface area contributed by atoms with Crippen molar-refractivity contribution in [2.45, 2.75) is 0 Å². The van der Waals surface area contributed by atoms with Crippen LogP contribution in [0.3, 0.4) is 0 Å². The maximum Gasteiger partial charge on any atom is 2.00 e. The summed E-state index contributed by atoms with van der Waals surface area (Å²) in [7, 11) is 0. The van der Waals surface area contributed by atoms with E-state index < -0.39 is 47.8 Å². The summed E-state index contributed by atoms with van der Waals surface area (Å²) in [6, 6.07) is 9.86. The van der Waals surface area contributed by atoms with E-state index in [1.165, 1.54) is 48.5 Å². The average Bonchev–Trinajstić information content (AvgIpc) is 1.70. The minimum Gasteiger partial charge on any atom is -0.461 e. The van der Waals surface area contributed by atoms with E-state index in [-0.39, 0.29) is 251 Å². The first-order valence-electron chi connectivity index (χ1n) is 25.9. The minimum atomic E-state index is -1.02. The number of hydrogen-bond acceptors (Lipinski definition) is 22. The third-order valence-electron chi connectivity index (χ3n) is 12.5. The van der Waals surface area contributed by atoms with Crippen molar-refractivity contribution in [2.75, 3.05) is 99.9 Å². The van der Waals surface area contributed by atoms with Crippen molar-refractivity contribution in [1.82, 2.24) is 39.9 Å². The summed E-state index contributed by atoms with van der Waals surface area (Å²) >= 11 is 47.3. The van der Waals surface area contributed by atoms with Gasteiger partial charge >= 0.3 is 64.5 Å². The van der Waals surface area contributed by atoms with Gasteiger partial charge in [0, 0.05) is 44.8 Å². The van der Waals surface area contributed by atoms with Gasteiger partial charge in [0.05, 0.1) is 115 Å². The zero-order valence-electron chi connectivity index (χ0n) is 45.4. The van der Waals surface area contributed by atoms with Crippen LogP contribution >= 0.6 is 92.8 Å². The molecule has 5 heterocycles. The maximum absolute atomic E-state index is 13.9. The van der Waals surface area contributed by atoms with Gasteiger partial charge in [-0.05, 0) is 70.1 Å². The molecule has 4 aromatic carbocycles. The molecule has 0 saturated carbocycles. The van der Waals surface area contributed by atoms with Crippen LogP contribution in [0.5, 0.6) is 0 Å². The monoisotopic (exact) mass is 1420 g/mol. The smallest absolute Gasteiger partial charge is 0.461 e. The second-order valence-electron chi connectivity index (χ2n) is 17.9. The fourth-order valence-corrected chi connectivity index (χ4v) is 9.49. The molecule has 1 radical (unpaired) electrons. The molecule has 0 amide bonds. The summed E-state index contributed by atoms with van der Waals surface area (Å²) in [5.41, 5.74) is -3.84. The van der Waals surface area contributed by atoms with E-state index in [1.807, 2.05) is 0 Å². The SMILES string of the molecule is O=C(OCCCl)c1cc2c(cc1C(=O)OCCCl)-c1nc-2nc2[n-]c(nc3nc(nc4[n-]c(n1)c1cc(C(=O)OCCCl)c(C(=O)OCCCl)cc41)-c1cc(C(=O)OCCCl)c(C(=O)OCCCl)cc1-3)c1cc(C(=O)OCCCl)c(C(=O)OCCCl)cc21.[Co+2]. The Hall–Kier alpha value is -7.17. The molecule has 89 heavy (non-hydrogen) atoms. The second kappa shape index (κ2) is 31.0. The number of nitrogens with zero attached hydrogens (tertiary/aromatic N) is 8. The summed E-state index contributed by atoms with van der Waals surface area (Å²) in [4.78, 5) is 150. The Morgan fingerprint density at radius 1 is 0.270 bits per heavy atom. The van der Waals surface area contributed by atoms with Gasteiger partial charge in [0.15, 0.2) is 0 Å². The zero-order valence-corrected chi connectivity index (χ0v) is 52.5. The van der Waals surface area contributed by atoms with Crippen molar-refractivity contribution in [3.05, 3.63) is 93.0 Å². The quantitative estimate of drug-likeness (QED) is 0.0309. The number of carbonyl (C=O) groups excluding carboxylic acids is 8. The Morgan fingerprint density at radius 2 is 0.427 bits per heavy atom. The number of carbonyl (C=O) groups is 8. The molecule has 9 rings (SSSR count). The molecule has 0 N–H and O–H groups in total. The largest absolute Gasteiger partial charge is 2.00 e. The fraction of sp³-hybridized carbons (Fsp3) is 0.286. The number of ether oxygens (including phenoxy) is 8. The van der Waals surface area contributed by atoms with Crippen LogP contribution < -0.4 is 9.97 Å². The predicted molar refractivity (Wildman–Crippen MR) is 322 cm³/mol. The number of fused-ring (bicyclic) bond motifs is 20. The minimum absolute atomic E-state index is 0. The molecule has 0 atom stereocenters. The molecule has 33 heteroatoms. The predicted octanol–water partition coefficient (Wildman–Crippen LogP) is 9.29. The summed E-state index contributed by atoms with van der Waals surface area (Å²) in [5, 5.41) is 0.0176. The van der Waals surface area contributed by atoms with E-state index >= 15 is 0 Å². The number of rotatable bonds is 24. The van der Waals surface area contributed by atoms with E-state index in [2.05, 4.69) is 0 Å². The van der Waals surface area contributed by atoms with Gasteiger partial charge in [-0.25, -0.2) is 48.3 Å². The van der Waals surface area contributed by atoms with Crippen LogP contribution in [0.1, 0.15) is 82.9 Å². The molecule has 0 fully saturated rings. The van der Waals surface area contributed by atoms with Gasteiger partial charge in [-0.15, -0.1) is 92.8 Å². The van der Waals surface area contributed by atoms with E-state index in [1.54, 1.807) is 0 Å². The van der Waals surface area contributed by atoms with E-state index in [0.29, 0.717) is 0 Å². The van der Waals surface area contributed by atoms with Crippen molar-refractivity contribution in [2.24, 2.45) is 0 Å². The molecule has 3 aromatic heterocycles. The number of esters is 8. The first-order valence-corrected chi connectivity index (χ1v) is 30.2. The molecule has 7 aromatic rings. The molecule has 2 aliphatic heterocycles. The Kier molecular flexibility index (Phi) is 23.6. The van der Waals surface area contributed by atoms with Gasteiger partial charge in [-0.1, -0.05) is 0 Å². The third kappa shape index (κ3) is 14.7. The van der Waals surface area contributed by atoms with E-state index in [4.69, 9.17) is 171 Å². The zero-order chi connectivity index (χ0) is 62.8. The topological polar surface area (TPSA) is 316 Å². The van der Waals surface area contributed by atoms with Crippen molar-refractivity contribution < 1.29 is 93.0 Å². The Balaban J connectivity index is 0.0000102. The van der Waals surface area contributed by atoms with Gasteiger partial charge in [-0.2, -0.15) is 0 Å². The average molecular weight is 1420 g/mol. The van der Waals surface area contributed by atoms with Crippen molar-refractivity contribution in [1.29, 1.82) is 0 Å². The van der Waals surface area contributed by atoms with Crippen LogP contribution in [0, 0.1) is 0 Å². The molecule has 0 aliphatic carbocycles. The molecule has 0 saturated heterocycles. The van der Waals surface area contributed by atoms with Gasteiger partial charge in [-0.3, -0.25) is 0 Å². The van der Waals surface area contributed by atoms with Crippen molar-refractivity contribution in [3.63, 3.8) is 0 Å². The van der Waals surface area contributed by atoms with Crippen LogP contribution in [0.15, 0.2) is 48.5 Å². The number of halogens is 8. The third-order valence-corrected chi connectivity index (χ3v) is 13.7. The summed E-state index contributed by atoms with van der Waals surface area (Å²) in [6.07, 6.45) is 0. The molecule has 0 unspecified atom stereocenters. The maximum atomic E-state index is 13.9. The summed E-state index contributed by atoms with van der Waals surface area (Å²) in [6.45, 7) is -2.29. The van der Waals surface area contributed by atoms with Crippen LogP contribution in [0.25, 0.3) is 89.7 Å². The molecule has 2 aliphatic rings. The van der Waals surface area contributed by atoms with Crippen LogP contribution in [0.2, 0.25) is 0 Å². The summed E-state index contributed by atoms with van der Waals surface area (Å²) < 4.78 is 43.2. The van der Waals surface area contributed by atoms with Crippen molar-refractivity contribution >= 4 is 185 Å². The summed E-state index contributed by atoms with van der Waals surface area (Å²) in [5.74, 6) is -10.3. The number of aromatic nitrogens is 8. The molecular weight excluding hydrogens is 1380 g/mol. The Labute approximate surface area is 552 Å². The van der Waals surface area contributed by atoms with Crippen LogP contribution in [-0.2, 0) is 54.7 Å². The standard InChI is InChI=1S/C56H42Cl8N8O16.Co/c57-1-9-81-49(73)33-17-25-26(18-34(33)50(74)82-10-2-58)42-65-41(25)69-43-27-19-35(51(75)83-11-3-59)36(52(76)84-12-4-60)20-28(27)45(66-43)71-47-31-23-39(55(79)87-15-7-63)40(56(80)88-16-8-64)24-32(31)48(68-47)72-46-30-22-38(54(78)86-14-6-62)37(53(77)85-13-5-61)21-29(30)44(67-46)70-42;/h17-24H,1-16H2,(H2,65,66,67,68,69,70,71,72,73,74,75,76,77,78,79,80);/q;+2/p-2. The number of benzene rings is 4. The van der Waals surface area contributed by atoms with Crippen molar-refractivity contribution in [3.8, 4) is 45.6 Å². The normalized spacial score (nSPS) is 11.2. The molecule has 24 nitrogen and oxygen atoms in total. The number of hydrogen-bond donors (Lipinski definition) is 0. The Bertz CT molecular complexity index is 3660. The fourth-order valence-electron chi connectivity index (χ4n) is 8.87. The first-order chi connectivity index (χ1) is 42.6. The van der Waals surface area contributed by atoms with Gasteiger partial charge in [0.2, 0.25) is 0 Å². The van der Waals surface area contributed by atoms with Crippen LogP contribution in [0.4, 0.5) is 0 Å². The van der Waals surface area contributed by atoms with Crippen LogP contribution in [-0.4, -0.2) is 178 Å². The molecule has 8 bridgehead atoms. The van der Waals surface area contributed by atoms with Gasteiger partial charge in [0.1, 0.15) is 52.9 Å². The molecule has 0 spiro atoms. The van der Waals surface area contributed by atoms with Gasteiger partial charge in [0.25, 0.3) is 0 Å². The molecule has 465 valence electrons.